The second-order valence-electron chi connectivity index (χ2n) is 3.64. The van der Waals surface area contributed by atoms with Crippen LogP contribution in [-0.4, -0.2) is 19.6 Å². The van der Waals surface area contributed by atoms with E-state index in [-0.39, 0.29) is 12.4 Å². The Morgan fingerprint density at radius 3 is 2.88 bits per heavy atom. The second kappa shape index (κ2) is 6.38. The van der Waals surface area contributed by atoms with Crippen LogP contribution >= 0.6 is 24.0 Å². The van der Waals surface area contributed by atoms with Crippen LogP contribution in [0.5, 0.6) is 5.75 Å². The first kappa shape index (κ1) is 14.5. The number of benzene rings is 1. The highest BCUT2D eigenvalue weighted by atomic mass is 35.5. The van der Waals surface area contributed by atoms with Gasteiger partial charge < -0.3 is 10.1 Å². The molecular weight excluding hydrogens is 271 g/mol. The minimum atomic E-state index is -2.48. The lowest BCUT2D eigenvalue weighted by Gasteiger charge is -2.20. The average molecular weight is 284 g/mol. The number of hydrogen-bond donors (Lipinski definition) is 1. The van der Waals surface area contributed by atoms with Gasteiger partial charge in [-0.3, -0.25) is 0 Å². The van der Waals surface area contributed by atoms with Gasteiger partial charge in [-0.15, -0.1) is 12.4 Å². The first-order valence-electron chi connectivity index (χ1n) is 5.10. The molecule has 0 amide bonds. The fourth-order valence-corrected chi connectivity index (χ4v) is 2.11. The van der Waals surface area contributed by atoms with Crippen LogP contribution in [0.15, 0.2) is 12.1 Å². The monoisotopic (exact) mass is 283 g/mol. The number of ether oxygens (including phenoxy) is 1. The van der Waals surface area contributed by atoms with Crippen LogP contribution in [0.4, 0.5) is 8.78 Å². The first-order valence-corrected chi connectivity index (χ1v) is 5.48. The van der Waals surface area contributed by atoms with Gasteiger partial charge in [0.05, 0.1) is 5.02 Å². The molecule has 0 saturated carbocycles. The predicted molar refractivity (Wildman–Crippen MR) is 65.6 cm³/mol. The average Bonchev–Trinajstić information content (AvgIpc) is 2.28. The van der Waals surface area contributed by atoms with Crippen molar-refractivity contribution in [3.8, 4) is 5.75 Å². The summed E-state index contributed by atoms with van der Waals surface area (Å²) in [6.45, 7) is 1.01. The fraction of sp³-hybridized carbons (Fsp3) is 0.455. The first-order chi connectivity index (χ1) is 7.68. The van der Waals surface area contributed by atoms with Crippen LogP contribution in [0.3, 0.4) is 0 Å². The topological polar surface area (TPSA) is 21.3 Å². The van der Waals surface area contributed by atoms with Crippen molar-refractivity contribution in [1.82, 2.24) is 5.32 Å². The Labute approximate surface area is 110 Å². The summed E-state index contributed by atoms with van der Waals surface area (Å²) in [6, 6.07) is 3.52. The Morgan fingerprint density at radius 2 is 2.18 bits per heavy atom. The molecule has 0 spiro atoms. The Hall–Kier alpha value is -0.580. The van der Waals surface area contributed by atoms with Crippen LogP contribution in [-0.2, 0) is 13.0 Å². The summed E-state index contributed by atoms with van der Waals surface area (Å²) in [5, 5.41) is 3.69. The number of nitrogens with one attached hydrogen (secondary N) is 1. The zero-order valence-electron chi connectivity index (χ0n) is 9.01. The smallest absolute Gasteiger partial charge is 0.272 e. The molecule has 1 aliphatic rings. The molecule has 0 saturated heterocycles. The highest BCUT2D eigenvalue weighted by Crippen LogP contribution is 2.32. The zero-order valence-corrected chi connectivity index (χ0v) is 10.6. The number of rotatable bonds is 3. The highest BCUT2D eigenvalue weighted by Gasteiger charge is 2.16. The summed E-state index contributed by atoms with van der Waals surface area (Å²) in [4.78, 5) is 0. The Kier molecular flexibility index (Phi) is 5.43. The predicted octanol–water partition coefficient (Wildman–Crippen LogP) is 3.05. The molecule has 1 N–H and O–H groups in total. The number of alkyl halides is 2. The van der Waals surface area contributed by atoms with Gasteiger partial charge in [-0.1, -0.05) is 17.7 Å². The van der Waals surface area contributed by atoms with E-state index in [0.717, 1.165) is 30.6 Å². The van der Waals surface area contributed by atoms with E-state index in [1.807, 2.05) is 6.07 Å². The summed E-state index contributed by atoms with van der Waals surface area (Å²) in [6.07, 6.45) is -1.67. The van der Waals surface area contributed by atoms with E-state index >= 15 is 0 Å². The van der Waals surface area contributed by atoms with Crippen LogP contribution in [0.2, 0.25) is 5.02 Å². The van der Waals surface area contributed by atoms with Gasteiger partial charge in [0.1, 0.15) is 12.4 Å². The third kappa shape index (κ3) is 3.44. The summed E-state index contributed by atoms with van der Waals surface area (Å²) in [5.74, 6) is 0.350. The maximum absolute atomic E-state index is 12.0. The van der Waals surface area contributed by atoms with Crippen molar-refractivity contribution in [3.63, 3.8) is 0 Å². The molecule has 0 fully saturated rings. The molecule has 2 rings (SSSR count). The summed E-state index contributed by atoms with van der Waals surface area (Å²) < 4.78 is 29.0. The summed E-state index contributed by atoms with van der Waals surface area (Å²) >= 11 is 6.11. The maximum atomic E-state index is 12.0. The lowest BCUT2D eigenvalue weighted by molar-refractivity contribution is 0.0819. The molecule has 0 unspecified atom stereocenters. The SMILES string of the molecule is Cl.FC(F)COc1ccc2c(c1Cl)CCNC2. The molecule has 0 radical (unpaired) electrons. The molecule has 1 heterocycles. The molecule has 17 heavy (non-hydrogen) atoms. The number of hydrogen-bond acceptors (Lipinski definition) is 2. The molecule has 6 heteroatoms. The van der Waals surface area contributed by atoms with Gasteiger partial charge in [-0.05, 0) is 30.2 Å². The quantitative estimate of drug-likeness (QED) is 0.921. The van der Waals surface area contributed by atoms with E-state index in [0.29, 0.717) is 10.8 Å². The second-order valence-corrected chi connectivity index (χ2v) is 4.02. The Morgan fingerprint density at radius 1 is 1.41 bits per heavy atom. The Balaban J connectivity index is 0.00000144. The minimum Gasteiger partial charge on any atom is -0.486 e. The summed E-state index contributed by atoms with van der Waals surface area (Å²) in [5.41, 5.74) is 2.12. The molecule has 0 aromatic heterocycles. The zero-order chi connectivity index (χ0) is 11.5. The van der Waals surface area contributed by atoms with Gasteiger partial charge >= 0.3 is 0 Å². The third-order valence-electron chi connectivity index (χ3n) is 2.54. The van der Waals surface area contributed by atoms with Crippen LogP contribution in [0.1, 0.15) is 11.1 Å². The van der Waals surface area contributed by atoms with Crippen LogP contribution in [0, 0.1) is 0 Å². The van der Waals surface area contributed by atoms with Gasteiger partial charge in [0.15, 0.2) is 0 Å². The van der Waals surface area contributed by atoms with Gasteiger partial charge in [-0.2, -0.15) is 0 Å². The normalized spacial score (nSPS) is 14.1. The van der Waals surface area contributed by atoms with Crippen molar-refractivity contribution < 1.29 is 13.5 Å². The maximum Gasteiger partial charge on any atom is 0.272 e. The van der Waals surface area contributed by atoms with E-state index in [1.54, 1.807) is 6.07 Å². The van der Waals surface area contributed by atoms with Gasteiger partial charge in [0, 0.05) is 6.54 Å². The fourth-order valence-electron chi connectivity index (χ4n) is 1.78. The molecule has 0 aliphatic carbocycles. The summed E-state index contributed by atoms with van der Waals surface area (Å²) in [7, 11) is 0. The highest BCUT2D eigenvalue weighted by molar-refractivity contribution is 6.33. The minimum absolute atomic E-state index is 0. The van der Waals surface area contributed by atoms with E-state index in [2.05, 4.69) is 5.32 Å². The molecular formula is C11H13Cl2F2NO. The van der Waals surface area contributed by atoms with Gasteiger partial charge in [0.2, 0.25) is 0 Å². The van der Waals surface area contributed by atoms with Crippen molar-refractivity contribution >= 4 is 24.0 Å². The lowest BCUT2D eigenvalue weighted by atomic mass is 10.0. The molecule has 1 aromatic rings. The standard InChI is InChI=1S/C11H12ClF2NO.ClH/c12-11-8-3-4-15-5-7(8)1-2-9(11)16-6-10(13)14;/h1-2,10,15H,3-6H2;1H. The number of fused-ring (bicyclic) bond motifs is 1. The molecule has 0 atom stereocenters. The molecule has 1 aliphatic heterocycles. The third-order valence-corrected chi connectivity index (χ3v) is 2.95. The molecule has 1 aromatic carbocycles. The van der Waals surface area contributed by atoms with E-state index < -0.39 is 13.0 Å². The molecule has 0 bridgehead atoms. The molecule has 2 nitrogen and oxygen atoms in total. The largest absolute Gasteiger partial charge is 0.486 e. The van der Waals surface area contributed by atoms with Crippen molar-refractivity contribution in [2.45, 2.75) is 19.4 Å². The van der Waals surface area contributed by atoms with E-state index in [9.17, 15) is 8.78 Å². The lowest BCUT2D eigenvalue weighted by Crippen LogP contribution is -2.24. The molecule has 96 valence electrons. The van der Waals surface area contributed by atoms with Crippen molar-refractivity contribution in [3.05, 3.63) is 28.3 Å². The van der Waals surface area contributed by atoms with Crippen LogP contribution in [0.25, 0.3) is 0 Å². The van der Waals surface area contributed by atoms with Gasteiger partial charge in [-0.25, -0.2) is 8.78 Å². The van der Waals surface area contributed by atoms with Crippen molar-refractivity contribution in [2.75, 3.05) is 13.2 Å². The number of halogens is 4. The van der Waals surface area contributed by atoms with E-state index in [1.165, 1.54) is 0 Å². The Bertz CT molecular complexity index is 388. The van der Waals surface area contributed by atoms with Crippen molar-refractivity contribution in [2.24, 2.45) is 0 Å². The van der Waals surface area contributed by atoms with Crippen LogP contribution < -0.4 is 10.1 Å². The van der Waals surface area contributed by atoms with Crippen molar-refractivity contribution in [1.29, 1.82) is 0 Å². The van der Waals surface area contributed by atoms with E-state index in [4.69, 9.17) is 16.3 Å². The van der Waals surface area contributed by atoms with Gasteiger partial charge in [0.25, 0.3) is 6.43 Å².